The van der Waals surface area contributed by atoms with E-state index in [1.54, 1.807) is 7.11 Å². The number of likely N-dealkylation sites (tertiary alicyclic amines) is 1. The number of rotatable bonds is 6. The van der Waals surface area contributed by atoms with Crippen molar-refractivity contribution in [2.45, 2.75) is 38.3 Å². The highest BCUT2D eigenvalue weighted by Gasteiger charge is 2.26. The molecule has 1 fully saturated rings. The molecule has 3 amide bonds. The summed E-state index contributed by atoms with van der Waals surface area (Å²) in [6.45, 7) is 1.13. The molecule has 1 aliphatic rings. The number of methoxy groups -OCH3 is 1. The van der Waals surface area contributed by atoms with Crippen LogP contribution in [0.4, 0.5) is 4.79 Å². The van der Waals surface area contributed by atoms with Crippen LogP contribution in [0, 0.1) is 0 Å². The van der Waals surface area contributed by atoms with Crippen LogP contribution < -0.4 is 15.4 Å². The fourth-order valence-electron chi connectivity index (χ4n) is 3.68. The average molecular weight is 396 g/mol. The Balaban J connectivity index is 1.56. The van der Waals surface area contributed by atoms with E-state index in [0.717, 1.165) is 42.6 Å². The van der Waals surface area contributed by atoms with E-state index in [9.17, 15) is 9.59 Å². The molecule has 2 aromatic carbocycles. The maximum Gasteiger partial charge on any atom is 0.315 e. The Morgan fingerprint density at radius 1 is 1.00 bits per heavy atom. The molecular weight excluding hydrogens is 366 g/mol. The topological polar surface area (TPSA) is 70.7 Å². The summed E-state index contributed by atoms with van der Waals surface area (Å²) in [6, 6.07) is 17.3. The van der Waals surface area contributed by atoms with Crippen molar-refractivity contribution < 1.29 is 14.3 Å². The molecule has 0 aliphatic carbocycles. The molecule has 3 rings (SSSR count). The van der Waals surface area contributed by atoms with Crippen molar-refractivity contribution in [2.24, 2.45) is 0 Å². The summed E-state index contributed by atoms with van der Waals surface area (Å²) in [7, 11) is 1.64. The number of carbonyl (C=O) groups is 2. The van der Waals surface area contributed by atoms with Crippen LogP contribution >= 0.6 is 0 Å². The van der Waals surface area contributed by atoms with Gasteiger partial charge in [-0.2, -0.15) is 0 Å². The van der Waals surface area contributed by atoms with Crippen LogP contribution in [0.1, 0.15) is 42.9 Å². The van der Waals surface area contributed by atoms with Gasteiger partial charge >= 0.3 is 6.03 Å². The van der Waals surface area contributed by atoms with Crippen LogP contribution in [-0.2, 0) is 11.3 Å². The van der Waals surface area contributed by atoms with Gasteiger partial charge in [0.15, 0.2) is 0 Å². The number of ether oxygens (including phenoxy) is 1. The molecule has 6 heteroatoms. The van der Waals surface area contributed by atoms with E-state index in [0.29, 0.717) is 13.1 Å². The zero-order valence-electron chi connectivity index (χ0n) is 16.9. The second-order valence-corrected chi connectivity index (χ2v) is 7.25. The molecule has 1 heterocycles. The summed E-state index contributed by atoms with van der Waals surface area (Å²) in [6.07, 6.45) is 4.11. The molecule has 6 nitrogen and oxygen atoms in total. The van der Waals surface area contributed by atoms with Crippen LogP contribution in [-0.4, -0.2) is 37.0 Å². The standard InChI is InChI=1S/C23H29N3O3/c1-29-20-13-11-19(12-14-20)21-10-6-3-7-15-26(21)22(27)17-25-23(28)24-16-18-8-4-2-5-9-18/h2,4-5,8-9,11-14,21H,3,6-7,10,15-17H2,1H3,(H2,24,25,28)/t21-/m1/s1. The van der Waals surface area contributed by atoms with Crippen molar-refractivity contribution in [3.05, 3.63) is 65.7 Å². The minimum atomic E-state index is -0.335. The van der Waals surface area contributed by atoms with Gasteiger partial charge in [-0.25, -0.2) is 4.79 Å². The number of hydrogen-bond donors (Lipinski definition) is 2. The molecule has 0 saturated carbocycles. The fraction of sp³-hybridized carbons (Fsp3) is 0.391. The van der Waals surface area contributed by atoms with Gasteiger partial charge in [0.05, 0.1) is 19.7 Å². The first-order valence-electron chi connectivity index (χ1n) is 10.2. The maximum absolute atomic E-state index is 12.9. The third-order valence-electron chi connectivity index (χ3n) is 5.27. The number of nitrogens with zero attached hydrogens (tertiary/aromatic N) is 1. The summed E-state index contributed by atoms with van der Waals surface area (Å²) in [5.74, 6) is 0.750. The fourth-order valence-corrected chi connectivity index (χ4v) is 3.68. The minimum Gasteiger partial charge on any atom is -0.497 e. The molecule has 0 spiro atoms. The Labute approximate surface area is 172 Å². The van der Waals surface area contributed by atoms with Crippen molar-refractivity contribution >= 4 is 11.9 Å². The van der Waals surface area contributed by atoms with Crippen molar-refractivity contribution in [1.29, 1.82) is 0 Å². The minimum absolute atomic E-state index is 0.00667. The lowest BCUT2D eigenvalue weighted by Gasteiger charge is -2.30. The number of hydrogen-bond acceptors (Lipinski definition) is 3. The predicted octanol–water partition coefficient (Wildman–Crippen LogP) is 3.64. The van der Waals surface area contributed by atoms with Crippen LogP contribution in [0.25, 0.3) is 0 Å². The summed E-state index contributed by atoms with van der Waals surface area (Å²) in [4.78, 5) is 26.9. The molecule has 1 atom stereocenters. The normalized spacial score (nSPS) is 16.6. The van der Waals surface area contributed by atoms with Crippen LogP contribution in [0.2, 0.25) is 0 Å². The molecule has 0 radical (unpaired) electrons. The summed E-state index contributed by atoms with van der Waals surface area (Å²) >= 11 is 0. The third kappa shape index (κ3) is 5.98. The quantitative estimate of drug-likeness (QED) is 0.785. The predicted molar refractivity (Wildman–Crippen MR) is 113 cm³/mol. The van der Waals surface area contributed by atoms with E-state index in [1.807, 2.05) is 59.5 Å². The highest BCUT2D eigenvalue weighted by Crippen LogP contribution is 2.31. The molecule has 0 unspecified atom stereocenters. The maximum atomic E-state index is 12.9. The molecule has 1 aliphatic heterocycles. The molecule has 0 aromatic heterocycles. The molecule has 29 heavy (non-hydrogen) atoms. The first-order chi connectivity index (χ1) is 14.2. The highest BCUT2D eigenvalue weighted by atomic mass is 16.5. The van der Waals surface area contributed by atoms with E-state index in [1.165, 1.54) is 0 Å². The zero-order valence-corrected chi connectivity index (χ0v) is 16.9. The average Bonchev–Trinajstić information content (AvgIpc) is 3.03. The van der Waals surface area contributed by atoms with Gasteiger partial charge in [-0.3, -0.25) is 4.79 Å². The van der Waals surface area contributed by atoms with Gasteiger partial charge in [0.25, 0.3) is 0 Å². The van der Waals surface area contributed by atoms with Gasteiger partial charge in [0, 0.05) is 13.1 Å². The van der Waals surface area contributed by atoms with Crippen molar-refractivity contribution in [3.63, 3.8) is 0 Å². The van der Waals surface area contributed by atoms with Gasteiger partial charge in [-0.05, 0) is 36.1 Å². The lowest BCUT2D eigenvalue weighted by Crippen LogP contribution is -2.44. The second-order valence-electron chi connectivity index (χ2n) is 7.25. The van der Waals surface area contributed by atoms with E-state index >= 15 is 0 Å². The van der Waals surface area contributed by atoms with E-state index in [4.69, 9.17) is 4.74 Å². The Kier molecular flexibility index (Phi) is 7.50. The van der Waals surface area contributed by atoms with Crippen molar-refractivity contribution in [3.8, 4) is 5.75 Å². The number of amides is 3. The van der Waals surface area contributed by atoms with E-state index in [2.05, 4.69) is 10.6 Å². The molecule has 2 N–H and O–H groups in total. The van der Waals surface area contributed by atoms with Crippen molar-refractivity contribution in [1.82, 2.24) is 15.5 Å². The lowest BCUT2D eigenvalue weighted by atomic mass is 10.0. The third-order valence-corrected chi connectivity index (χ3v) is 5.27. The van der Waals surface area contributed by atoms with Gasteiger partial charge in [-0.1, -0.05) is 55.3 Å². The van der Waals surface area contributed by atoms with Gasteiger partial charge in [0.1, 0.15) is 5.75 Å². The summed E-state index contributed by atoms with van der Waals surface area (Å²) in [5, 5.41) is 5.49. The van der Waals surface area contributed by atoms with Crippen LogP contribution in [0.15, 0.2) is 54.6 Å². The Morgan fingerprint density at radius 2 is 1.76 bits per heavy atom. The summed E-state index contributed by atoms with van der Waals surface area (Å²) < 4.78 is 5.24. The van der Waals surface area contributed by atoms with Crippen molar-refractivity contribution in [2.75, 3.05) is 20.2 Å². The highest BCUT2D eigenvalue weighted by molar-refractivity contribution is 5.84. The molecule has 1 saturated heterocycles. The number of urea groups is 1. The number of benzene rings is 2. The monoisotopic (exact) mass is 395 g/mol. The Bertz CT molecular complexity index is 793. The molecule has 2 aromatic rings. The van der Waals surface area contributed by atoms with E-state index in [-0.39, 0.29) is 24.5 Å². The molecule has 0 bridgehead atoms. The number of carbonyl (C=O) groups excluding carboxylic acids is 2. The lowest BCUT2D eigenvalue weighted by molar-refractivity contribution is -0.132. The first-order valence-corrected chi connectivity index (χ1v) is 10.2. The van der Waals surface area contributed by atoms with Gasteiger partial charge in [0.2, 0.25) is 5.91 Å². The van der Waals surface area contributed by atoms with Gasteiger partial charge in [-0.15, -0.1) is 0 Å². The molecular formula is C23H29N3O3. The smallest absolute Gasteiger partial charge is 0.315 e. The SMILES string of the molecule is COc1ccc([C@H]2CCCCCN2C(=O)CNC(=O)NCc2ccccc2)cc1. The van der Waals surface area contributed by atoms with E-state index < -0.39 is 0 Å². The zero-order chi connectivity index (χ0) is 20.5. The largest absolute Gasteiger partial charge is 0.497 e. The Morgan fingerprint density at radius 3 is 2.48 bits per heavy atom. The van der Waals surface area contributed by atoms with Crippen LogP contribution in [0.3, 0.4) is 0 Å². The second kappa shape index (κ2) is 10.5. The van der Waals surface area contributed by atoms with Gasteiger partial charge < -0.3 is 20.3 Å². The summed E-state index contributed by atoms with van der Waals surface area (Å²) in [5.41, 5.74) is 2.12. The first kappa shape index (κ1) is 20.7. The molecule has 154 valence electrons. The Hall–Kier alpha value is -3.02. The van der Waals surface area contributed by atoms with Crippen LogP contribution in [0.5, 0.6) is 5.75 Å². The number of nitrogens with one attached hydrogen (secondary N) is 2.